The van der Waals surface area contributed by atoms with Gasteiger partial charge in [0.2, 0.25) is 11.8 Å². The smallest absolute Gasteiger partial charge is 0.280 e. The summed E-state index contributed by atoms with van der Waals surface area (Å²) in [6, 6.07) is 10.9. The Morgan fingerprint density at radius 1 is 1.09 bits per heavy atom. The SMILES string of the molecule is Cc1cc2cc(n1)-c1cnn(C)c1OCCC[C@@H](C1CC1)CN1C(=NC2=O)N(COCC[Si](C)(C)C)c2ccc(Br)cc21. The van der Waals surface area contributed by atoms with Crippen molar-refractivity contribution >= 4 is 47.2 Å². The van der Waals surface area contributed by atoms with E-state index in [9.17, 15) is 4.79 Å². The van der Waals surface area contributed by atoms with Crippen LogP contribution in [0.15, 0.2) is 46.0 Å². The molecule has 1 saturated carbocycles. The molecule has 43 heavy (non-hydrogen) atoms. The number of guanidine groups is 1. The maximum absolute atomic E-state index is 14.0. The number of hydrogen-bond donors (Lipinski definition) is 0. The fraction of sp³-hybridized carbons (Fsp3) is 0.500. The monoisotopic (exact) mass is 664 g/mol. The Hall–Kier alpha value is -3.02. The Bertz CT molecular complexity index is 1550. The summed E-state index contributed by atoms with van der Waals surface area (Å²) in [5.74, 6) is 2.10. The minimum atomic E-state index is -1.25. The van der Waals surface area contributed by atoms with E-state index in [1.165, 1.54) is 12.8 Å². The first-order valence-corrected chi connectivity index (χ1v) is 19.8. The molecule has 1 atom stereocenters. The van der Waals surface area contributed by atoms with Gasteiger partial charge in [0.15, 0.2) is 0 Å². The van der Waals surface area contributed by atoms with Gasteiger partial charge in [-0.1, -0.05) is 35.6 Å². The second-order valence-electron chi connectivity index (χ2n) is 13.2. The first-order valence-electron chi connectivity index (χ1n) is 15.3. The van der Waals surface area contributed by atoms with E-state index in [1.807, 2.05) is 20.0 Å². The summed E-state index contributed by atoms with van der Waals surface area (Å²) in [6.45, 7) is 11.3. The van der Waals surface area contributed by atoms with Gasteiger partial charge in [-0.05, 0) is 80.8 Å². The van der Waals surface area contributed by atoms with Gasteiger partial charge in [-0.25, -0.2) is 4.68 Å². The summed E-state index contributed by atoms with van der Waals surface area (Å²) >= 11 is 3.69. The van der Waals surface area contributed by atoms with Crippen molar-refractivity contribution in [2.75, 3.05) is 36.3 Å². The van der Waals surface area contributed by atoms with Crippen molar-refractivity contribution in [3.05, 3.63) is 52.3 Å². The zero-order valence-electron chi connectivity index (χ0n) is 25.8. The van der Waals surface area contributed by atoms with Crippen LogP contribution in [0.2, 0.25) is 25.7 Å². The molecule has 3 aromatic rings. The summed E-state index contributed by atoms with van der Waals surface area (Å²) in [6.07, 6.45) is 6.18. The fourth-order valence-corrected chi connectivity index (χ4v) is 7.02. The van der Waals surface area contributed by atoms with Crippen LogP contribution in [0.5, 0.6) is 5.88 Å². The van der Waals surface area contributed by atoms with E-state index in [0.29, 0.717) is 54.9 Å². The number of aromatic nitrogens is 3. The van der Waals surface area contributed by atoms with Gasteiger partial charge in [0.25, 0.3) is 5.91 Å². The molecule has 2 bridgehead atoms. The van der Waals surface area contributed by atoms with Crippen molar-refractivity contribution in [3.8, 4) is 17.1 Å². The lowest BCUT2D eigenvalue weighted by molar-refractivity contribution is 0.100. The van der Waals surface area contributed by atoms with Crippen molar-refractivity contribution in [2.24, 2.45) is 23.9 Å². The molecular weight excluding hydrogens is 624 g/mol. The minimum Gasteiger partial charge on any atom is -0.477 e. The van der Waals surface area contributed by atoms with Crippen LogP contribution >= 0.6 is 15.9 Å². The third kappa shape index (κ3) is 6.73. The highest BCUT2D eigenvalue weighted by Crippen LogP contribution is 2.44. The predicted molar refractivity (Wildman–Crippen MR) is 177 cm³/mol. The molecule has 3 aliphatic rings. The summed E-state index contributed by atoms with van der Waals surface area (Å²) < 4.78 is 15.3. The van der Waals surface area contributed by atoms with E-state index in [1.54, 1.807) is 23.0 Å². The first kappa shape index (κ1) is 30.0. The molecule has 6 rings (SSSR count). The van der Waals surface area contributed by atoms with Crippen molar-refractivity contribution in [3.63, 3.8) is 0 Å². The highest BCUT2D eigenvalue weighted by atomic mass is 79.9. The standard InChI is InChI=1S/C32H41BrN6O3Si/c1-21-15-24-16-27(35-21)26-18-34-37(2)31(26)42-12-6-7-23(22-8-9-22)19-38-29-17-25(33)10-11-28(29)39(32(38)36-30(24)40)20-41-13-14-43(3,4)5/h10-11,15-18,22-23H,6-9,12-14,19-20H2,1-5H3/t23-/m1/s1. The number of benzene rings is 1. The third-order valence-corrected chi connectivity index (χ3v) is 10.6. The topological polar surface area (TPSA) is 85.1 Å². The van der Waals surface area contributed by atoms with Crippen LogP contribution in [0.3, 0.4) is 0 Å². The van der Waals surface area contributed by atoms with Crippen LogP contribution < -0.4 is 14.5 Å². The number of aryl methyl sites for hydroxylation is 2. The fourth-order valence-electron chi connectivity index (χ4n) is 5.92. The Labute approximate surface area is 263 Å². The lowest BCUT2D eigenvalue weighted by Gasteiger charge is -2.28. The van der Waals surface area contributed by atoms with Gasteiger partial charge in [0.05, 0.1) is 35.4 Å². The Morgan fingerprint density at radius 3 is 2.67 bits per heavy atom. The Morgan fingerprint density at radius 2 is 1.91 bits per heavy atom. The summed E-state index contributed by atoms with van der Waals surface area (Å²) in [7, 11) is 0.619. The molecule has 2 aliphatic heterocycles. The molecule has 0 saturated heterocycles. The van der Waals surface area contributed by atoms with E-state index in [4.69, 9.17) is 19.5 Å². The number of nitrogens with zero attached hydrogens (tertiary/aromatic N) is 6. The maximum atomic E-state index is 14.0. The lowest BCUT2D eigenvalue weighted by atomic mass is 9.97. The molecule has 228 valence electrons. The van der Waals surface area contributed by atoms with E-state index in [0.717, 1.165) is 52.5 Å². The largest absolute Gasteiger partial charge is 0.477 e. The predicted octanol–water partition coefficient (Wildman–Crippen LogP) is 6.89. The zero-order chi connectivity index (χ0) is 30.3. The van der Waals surface area contributed by atoms with Crippen LogP contribution in [-0.2, 0) is 11.8 Å². The lowest BCUT2D eigenvalue weighted by Crippen LogP contribution is -2.43. The van der Waals surface area contributed by atoms with E-state index in [-0.39, 0.29) is 5.91 Å². The Balaban J connectivity index is 1.43. The van der Waals surface area contributed by atoms with Gasteiger partial charge in [-0.3, -0.25) is 14.7 Å². The van der Waals surface area contributed by atoms with E-state index < -0.39 is 8.07 Å². The molecule has 1 fully saturated rings. The van der Waals surface area contributed by atoms with Crippen LogP contribution in [0.25, 0.3) is 11.3 Å². The van der Waals surface area contributed by atoms with Gasteiger partial charge in [-0.15, -0.1) is 0 Å². The average molecular weight is 666 g/mol. The number of carbonyl (C=O) groups excluding carboxylic acids is 1. The van der Waals surface area contributed by atoms with Crippen LogP contribution in [0, 0.1) is 18.8 Å². The molecule has 2 aromatic heterocycles. The molecule has 11 heteroatoms. The molecule has 0 spiro atoms. The second-order valence-corrected chi connectivity index (χ2v) is 19.7. The summed E-state index contributed by atoms with van der Waals surface area (Å²) in [5.41, 5.74) is 4.70. The van der Waals surface area contributed by atoms with Gasteiger partial charge in [0, 0.05) is 44.0 Å². The number of amides is 1. The molecule has 1 amide bonds. The molecule has 1 aliphatic carbocycles. The van der Waals surface area contributed by atoms with Crippen LogP contribution in [-0.4, -0.2) is 61.2 Å². The molecular formula is C32H41BrN6O3Si. The number of carbonyl (C=O) groups is 1. The van der Waals surface area contributed by atoms with Gasteiger partial charge < -0.3 is 14.4 Å². The van der Waals surface area contributed by atoms with Crippen molar-refractivity contribution in [1.29, 1.82) is 0 Å². The number of fused-ring (bicyclic) bond motifs is 7. The number of rotatable bonds is 6. The minimum absolute atomic E-state index is 0.310. The molecule has 0 unspecified atom stereocenters. The number of aliphatic imine (C=N–C) groups is 1. The number of ether oxygens (including phenoxy) is 2. The second kappa shape index (κ2) is 12.2. The molecule has 0 N–H and O–H groups in total. The maximum Gasteiger partial charge on any atom is 0.280 e. The van der Waals surface area contributed by atoms with Crippen molar-refractivity contribution in [2.45, 2.75) is 58.3 Å². The zero-order valence-corrected chi connectivity index (χ0v) is 28.4. The summed E-state index contributed by atoms with van der Waals surface area (Å²) in [4.78, 5) is 27.9. The van der Waals surface area contributed by atoms with E-state index >= 15 is 0 Å². The molecule has 9 nitrogen and oxygen atoms in total. The number of pyridine rings is 1. The number of hydrogen-bond acceptors (Lipinski definition) is 7. The van der Waals surface area contributed by atoms with Gasteiger partial charge in [0.1, 0.15) is 6.73 Å². The number of halogens is 1. The molecule has 0 radical (unpaired) electrons. The highest BCUT2D eigenvalue weighted by molar-refractivity contribution is 9.10. The van der Waals surface area contributed by atoms with Gasteiger partial charge in [-0.2, -0.15) is 10.1 Å². The van der Waals surface area contributed by atoms with Crippen LogP contribution in [0.4, 0.5) is 11.4 Å². The first-order chi connectivity index (χ1) is 20.6. The van der Waals surface area contributed by atoms with Crippen molar-refractivity contribution < 1.29 is 14.3 Å². The van der Waals surface area contributed by atoms with Crippen molar-refractivity contribution in [1.82, 2.24) is 14.8 Å². The number of anilines is 2. The highest BCUT2D eigenvalue weighted by Gasteiger charge is 2.39. The van der Waals surface area contributed by atoms with E-state index in [2.05, 4.69) is 62.6 Å². The summed E-state index contributed by atoms with van der Waals surface area (Å²) in [5, 5.41) is 4.44. The average Bonchev–Trinajstić information content (AvgIpc) is 3.67. The molecule has 4 heterocycles. The third-order valence-electron chi connectivity index (χ3n) is 8.44. The Kier molecular flexibility index (Phi) is 8.49. The quantitative estimate of drug-likeness (QED) is 0.210. The normalized spacial score (nSPS) is 19.2. The van der Waals surface area contributed by atoms with Crippen LogP contribution in [0.1, 0.15) is 41.7 Å². The molecule has 1 aromatic carbocycles. The van der Waals surface area contributed by atoms with Gasteiger partial charge >= 0.3 is 0 Å².